The molecule has 1 saturated heterocycles. The SMILES string of the molecule is COc1ccc(C(OC[C@H]2O[C@@H](n3cnc4c(NC(=O)c5ccccc5CO[Si](c5ccccc5)(c5ccccc5)C(C)(C)C)ncnc43)C[C@@H]2OP(OCCSC(C)=O)N(C(C)C)C(C)C)(c2ccccc2)c2ccc(OC)cc2)cc1. The van der Waals surface area contributed by atoms with Crippen molar-refractivity contribution in [2.45, 2.75) is 110 Å². The third-order valence-electron chi connectivity index (χ3n) is 14.9. The predicted molar refractivity (Wildman–Crippen MR) is 332 cm³/mol. The molecule has 4 atom stereocenters. The zero-order chi connectivity index (χ0) is 58.7. The number of imidazole rings is 1. The van der Waals surface area contributed by atoms with Crippen molar-refractivity contribution in [3.05, 3.63) is 204 Å². The molecule has 0 spiro atoms. The second-order valence-electron chi connectivity index (χ2n) is 21.9. The van der Waals surface area contributed by atoms with Crippen molar-refractivity contribution in [1.29, 1.82) is 0 Å². The molecule has 0 aliphatic carbocycles. The van der Waals surface area contributed by atoms with E-state index in [0.717, 1.165) is 32.6 Å². The molecule has 1 fully saturated rings. The summed E-state index contributed by atoms with van der Waals surface area (Å²) in [7, 11) is -1.36. The predicted octanol–water partition coefficient (Wildman–Crippen LogP) is 12.5. The average Bonchev–Trinajstić information content (AvgIpc) is 4.02. The molecule has 3 heterocycles. The lowest BCUT2D eigenvalue weighted by Crippen LogP contribution is -2.66. The number of thioether (sulfide) groups is 1. The monoisotopic (exact) mass is 1170 g/mol. The highest BCUT2D eigenvalue weighted by molar-refractivity contribution is 8.13. The summed E-state index contributed by atoms with van der Waals surface area (Å²) in [6.45, 7) is 17.3. The molecule has 434 valence electrons. The second kappa shape index (κ2) is 27.4. The maximum absolute atomic E-state index is 14.6. The molecule has 0 radical (unpaired) electrons. The van der Waals surface area contributed by atoms with Gasteiger partial charge in [0, 0.05) is 36.7 Å². The summed E-state index contributed by atoms with van der Waals surface area (Å²) in [5.41, 5.74) is 3.47. The van der Waals surface area contributed by atoms with Crippen LogP contribution in [-0.2, 0) is 39.9 Å². The van der Waals surface area contributed by atoms with E-state index in [4.69, 9.17) is 42.4 Å². The molecule has 1 unspecified atom stereocenters. The summed E-state index contributed by atoms with van der Waals surface area (Å²) in [5, 5.41) is 5.13. The molecule has 1 N–H and O–H groups in total. The van der Waals surface area contributed by atoms with Gasteiger partial charge in [0.05, 0.1) is 46.5 Å². The molecule has 2 aromatic heterocycles. The van der Waals surface area contributed by atoms with Gasteiger partial charge < -0.3 is 37.7 Å². The minimum absolute atomic E-state index is 0.0176. The van der Waals surface area contributed by atoms with Gasteiger partial charge in [0.1, 0.15) is 35.8 Å². The smallest absolute Gasteiger partial charge is 0.261 e. The normalized spacial score (nSPS) is 16.2. The highest BCUT2D eigenvalue weighted by atomic mass is 32.2. The molecular weight excluding hydrogens is 1100 g/mol. The fourth-order valence-electron chi connectivity index (χ4n) is 11.1. The number of amides is 1. The van der Waals surface area contributed by atoms with Crippen LogP contribution in [0.15, 0.2) is 176 Å². The number of benzene rings is 6. The summed E-state index contributed by atoms with van der Waals surface area (Å²) in [5.74, 6) is 1.76. The van der Waals surface area contributed by atoms with Crippen LogP contribution >= 0.6 is 20.3 Å². The van der Waals surface area contributed by atoms with Gasteiger partial charge in [-0.3, -0.25) is 14.2 Å². The number of methoxy groups -OCH3 is 2. The van der Waals surface area contributed by atoms with E-state index in [1.54, 1.807) is 33.5 Å². The van der Waals surface area contributed by atoms with Crippen molar-refractivity contribution in [3.63, 3.8) is 0 Å². The number of fused-ring (bicyclic) bond motifs is 1. The molecular formula is C65H75N6O9PSSi. The van der Waals surface area contributed by atoms with Gasteiger partial charge in [-0.25, -0.2) is 19.6 Å². The number of hydrogen-bond acceptors (Lipinski definition) is 14. The zero-order valence-electron chi connectivity index (χ0n) is 48.9. The summed E-state index contributed by atoms with van der Waals surface area (Å²) in [4.78, 5) is 40.9. The highest BCUT2D eigenvalue weighted by Crippen LogP contribution is 2.51. The minimum Gasteiger partial charge on any atom is -0.497 e. The Kier molecular flexibility index (Phi) is 20.1. The lowest BCUT2D eigenvalue weighted by atomic mass is 9.80. The van der Waals surface area contributed by atoms with Crippen molar-refractivity contribution < 1.29 is 42.0 Å². The number of nitrogens with zero attached hydrogens (tertiary/aromatic N) is 5. The van der Waals surface area contributed by atoms with E-state index in [-0.39, 0.29) is 47.2 Å². The zero-order valence-corrected chi connectivity index (χ0v) is 51.6. The summed E-state index contributed by atoms with van der Waals surface area (Å²) in [6, 6.07) is 54.5. The van der Waals surface area contributed by atoms with Crippen LogP contribution in [0.5, 0.6) is 11.5 Å². The average molecular weight is 1180 g/mol. The molecule has 1 amide bonds. The van der Waals surface area contributed by atoms with E-state index in [2.05, 4.69) is 124 Å². The van der Waals surface area contributed by atoms with Crippen LogP contribution in [0.2, 0.25) is 5.04 Å². The van der Waals surface area contributed by atoms with Gasteiger partial charge in [0.2, 0.25) is 0 Å². The van der Waals surface area contributed by atoms with Crippen molar-refractivity contribution in [1.82, 2.24) is 24.2 Å². The van der Waals surface area contributed by atoms with Gasteiger partial charge in [0.15, 0.2) is 22.1 Å². The quantitative estimate of drug-likeness (QED) is 0.0249. The summed E-state index contributed by atoms with van der Waals surface area (Å²) >= 11 is 1.22. The Labute approximate surface area is 494 Å². The van der Waals surface area contributed by atoms with E-state index < -0.39 is 40.9 Å². The van der Waals surface area contributed by atoms with Crippen molar-refractivity contribution in [3.8, 4) is 11.5 Å². The molecule has 83 heavy (non-hydrogen) atoms. The van der Waals surface area contributed by atoms with E-state index in [9.17, 15) is 9.59 Å². The number of rotatable bonds is 25. The Hall–Kier alpha value is -6.63. The fourth-order valence-corrected chi connectivity index (χ4v) is 18.0. The van der Waals surface area contributed by atoms with Gasteiger partial charge in [-0.05, 0) is 95.7 Å². The Bertz CT molecular complexity index is 3300. The minimum atomic E-state index is -2.95. The van der Waals surface area contributed by atoms with Gasteiger partial charge in [0.25, 0.3) is 22.8 Å². The molecule has 9 rings (SSSR count). The Balaban J connectivity index is 1.05. The van der Waals surface area contributed by atoms with Crippen LogP contribution in [0.3, 0.4) is 0 Å². The first-order valence-electron chi connectivity index (χ1n) is 28.0. The van der Waals surface area contributed by atoms with Crippen LogP contribution in [0.4, 0.5) is 5.82 Å². The number of ether oxygens (including phenoxy) is 4. The van der Waals surface area contributed by atoms with Gasteiger partial charge >= 0.3 is 0 Å². The number of carbonyl (C=O) groups excluding carboxylic acids is 2. The van der Waals surface area contributed by atoms with Crippen molar-refractivity contribution in [2.75, 3.05) is 38.5 Å². The molecule has 0 saturated carbocycles. The first-order chi connectivity index (χ1) is 40.1. The number of hydrogen-bond donors (Lipinski definition) is 1. The Morgan fingerprint density at radius 1 is 0.747 bits per heavy atom. The molecule has 1 aliphatic heterocycles. The van der Waals surface area contributed by atoms with Crippen molar-refractivity contribution >= 4 is 67.0 Å². The maximum Gasteiger partial charge on any atom is 0.261 e. The largest absolute Gasteiger partial charge is 0.497 e. The Morgan fingerprint density at radius 2 is 1.30 bits per heavy atom. The lowest BCUT2D eigenvalue weighted by molar-refractivity contribution is -0.109. The molecule has 15 nitrogen and oxygen atoms in total. The number of aromatic nitrogens is 4. The molecule has 1 aliphatic rings. The maximum atomic E-state index is 14.6. The van der Waals surface area contributed by atoms with E-state index >= 15 is 0 Å². The van der Waals surface area contributed by atoms with Gasteiger partial charge in [-0.15, -0.1) is 0 Å². The fraction of sp³-hybridized carbons (Fsp3) is 0.338. The van der Waals surface area contributed by atoms with Crippen LogP contribution in [0.1, 0.15) is 101 Å². The summed E-state index contributed by atoms with van der Waals surface area (Å²) in [6.07, 6.45) is 1.50. The van der Waals surface area contributed by atoms with Gasteiger partial charge in [-0.1, -0.05) is 166 Å². The Morgan fingerprint density at radius 3 is 1.86 bits per heavy atom. The molecule has 8 aromatic rings. The van der Waals surface area contributed by atoms with E-state index in [0.29, 0.717) is 47.0 Å². The molecule has 18 heteroatoms. The van der Waals surface area contributed by atoms with Crippen LogP contribution in [0, 0.1) is 0 Å². The topological polar surface area (TPSA) is 158 Å². The third kappa shape index (κ3) is 13.5. The number of carbonyl (C=O) groups is 2. The van der Waals surface area contributed by atoms with E-state index in [1.807, 2.05) is 102 Å². The highest BCUT2D eigenvalue weighted by Gasteiger charge is 2.50. The molecule has 6 aromatic carbocycles. The second-order valence-corrected chi connectivity index (χ2v) is 28.9. The van der Waals surface area contributed by atoms with E-state index in [1.165, 1.54) is 18.1 Å². The van der Waals surface area contributed by atoms with Crippen LogP contribution < -0.4 is 25.2 Å². The first kappa shape index (κ1) is 60.9. The van der Waals surface area contributed by atoms with Gasteiger partial charge in [-0.2, -0.15) is 0 Å². The number of nitrogens with one attached hydrogen (secondary N) is 1. The molecule has 0 bridgehead atoms. The van der Waals surface area contributed by atoms with Crippen LogP contribution in [-0.4, -0.2) is 101 Å². The standard InChI is InChI=1S/C65H75N6O9PSSi/c1-45(2)71(46(3)4)81(77-38-39-82-47(5)72)80-57-40-59(79-58(57)42-76-65(49-23-14-11-15-24-49,50-30-34-52(74-9)35-31-50)51-32-36-53(75-10)37-33-51)70-44-68-60-61(66-43-67-62(60)70)69-63(73)56-29-21-20-22-48(56)41-78-83(64(6,7)8,54-25-16-12-17-26-54)55-27-18-13-19-28-55/h11-37,43-46,57-59H,38-42H2,1-10H3,(H,66,67,69,73)/t57-,58+,59+,81?/m0/s1. The number of anilines is 1. The third-order valence-corrected chi connectivity index (χ3v) is 22.8. The van der Waals surface area contributed by atoms with Crippen LogP contribution in [0.25, 0.3) is 11.2 Å². The summed E-state index contributed by atoms with van der Waals surface area (Å²) < 4.78 is 51.2. The van der Waals surface area contributed by atoms with Crippen molar-refractivity contribution in [2.24, 2.45) is 0 Å². The lowest BCUT2D eigenvalue weighted by Gasteiger charge is -2.43. The first-order valence-corrected chi connectivity index (χ1v) is 32.1.